The Kier molecular flexibility index (Phi) is 2.07. The average molecular weight is 214 g/mol. The van der Waals surface area contributed by atoms with Crippen molar-refractivity contribution < 1.29 is 4.79 Å². The monoisotopic (exact) mass is 214 g/mol. The first-order valence-electron chi connectivity index (χ1n) is 5.60. The zero-order valence-corrected chi connectivity index (χ0v) is 9.21. The van der Waals surface area contributed by atoms with E-state index in [0.29, 0.717) is 0 Å². The Morgan fingerprint density at radius 3 is 3.00 bits per heavy atom. The van der Waals surface area contributed by atoms with E-state index in [1.165, 1.54) is 11.1 Å². The number of H-pyrrole nitrogens is 1. The highest BCUT2D eigenvalue weighted by Gasteiger charge is 2.26. The molecule has 0 aliphatic carbocycles. The number of fused-ring (bicyclic) bond motifs is 3. The van der Waals surface area contributed by atoms with Crippen LogP contribution in [0.5, 0.6) is 0 Å². The van der Waals surface area contributed by atoms with Crippen LogP contribution in [0.3, 0.4) is 0 Å². The van der Waals surface area contributed by atoms with E-state index in [1.807, 2.05) is 12.1 Å². The Hall–Kier alpha value is -1.61. The van der Waals surface area contributed by atoms with Crippen LogP contribution in [0.25, 0.3) is 10.9 Å². The quantitative estimate of drug-likeness (QED) is 0.762. The summed E-state index contributed by atoms with van der Waals surface area (Å²) in [4.78, 5) is 15.0. The molecule has 0 fully saturated rings. The number of aromatic nitrogens is 1. The van der Waals surface area contributed by atoms with Gasteiger partial charge in [-0.3, -0.25) is 4.79 Å². The van der Waals surface area contributed by atoms with E-state index in [0.717, 1.165) is 24.0 Å². The molecule has 1 aromatic carbocycles. The van der Waals surface area contributed by atoms with Crippen LogP contribution in [-0.2, 0) is 11.2 Å². The van der Waals surface area contributed by atoms with Crippen LogP contribution >= 0.6 is 0 Å². The summed E-state index contributed by atoms with van der Waals surface area (Å²) in [6, 6.07) is 8.03. The third-order valence-electron chi connectivity index (χ3n) is 3.25. The van der Waals surface area contributed by atoms with E-state index in [-0.39, 0.29) is 11.8 Å². The second kappa shape index (κ2) is 3.46. The first kappa shape index (κ1) is 9.60. The summed E-state index contributed by atoms with van der Waals surface area (Å²) in [7, 11) is 0. The number of aromatic amines is 1. The van der Waals surface area contributed by atoms with Crippen LogP contribution in [0, 0.1) is 0 Å². The second-order valence-electron chi connectivity index (χ2n) is 4.31. The second-order valence-corrected chi connectivity index (χ2v) is 4.31. The standard InChI is InChI=1S/C13H14N2O/c1-8(16)13-12-9-4-2-3-5-10(9)15-11(12)6-7-14-13/h2-5,13-15H,6-7H2,1H3. The van der Waals surface area contributed by atoms with E-state index < -0.39 is 0 Å². The average Bonchev–Trinajstić information content (AvgIpc) is 2.66. The number of nitrogens with one attached hydrogen (secondary N) is 2. The molecule has 1 aliphatic rings. The van der Waals surface area contributed by atoms with Crippen molar-refractivity contribution in [1.82, 2.24) is 10.3 Å². The van der Waals surface area contributed by atoms with Crippen molar-refractivity contribution in [2.75, 3.05) is 6.54 Å². The maximum absolute atomic E-state index is 11.6. The van der Waals surface area contributed by atoms with Gasteiger partial charge < -0.3 is 10.3 Å². The molecule has 0 amide bonds. The normalized spacial score (nSPS) is 19.7. The molecule has 0 radical (unpaired) electrons. The van der Waals surface area contributed by atoms with E-state index in [1.54, 1.807) is 6.92 Å². The molecule has 2 heterocycles. The minimum atomic E-state index is -0.139. The molecule has 0 spiro atoms. The first-order valence-corrected chi connectivity index (χ1v) is 5.60. The summed E-state index contributed by atoms with van der Waals surface area (Å²) in [6.45, 7) is 2.51. The molecule has 0 saturated carbocycles. The van der Waals surface area contributed by atoms with Crippen molar-refractivity contribution in [3.05, 3.63) is 35.5 Å². The number of ketones is 1. The number of hydrogen-bond acceptors (Lipinski definition) is 2. The zero-order valence-electron chi connectivity index (χ0n) is 9.21. The minimum Gasteiger partial charge on any atom is -0.358 e. The number of Topliss-reactive ketones (excluding diaryl/α,β-unsaturated/α-hetero) is 1. The van der Waals surface area contributed by atoms with Crippen molar-refractivity contribution in [2.24, 2.45) is 0 Å². The van der Waals surface area contributed by atoms with Crippen molar-refractivity contribution in [2.45, 2.75) is 19.4 Å². The minimum absolute atomic E-state index is 0.139. The van der Waals surface area contributed by atoms with Gasteiger partial charge in [0, 0.05) is 35.1 Å². The number of hydrogen-bond donors (Lipinski definition) is 2. The van der Waals surface area contributed by atoms with Gasteiger partial charge in [-0.15, -0.1) is 0 Å². The molecule has 16 heavy (non-hydrogen) atoms. The van der Waals surface area contributed by atoms with Crippen molar-refractivity contribution in [3.8, 4) is 0 Å². The third-order valence-corrected chi connectivity index (χ3v) is 3.25. The van der Waals surface area contributed by atoms with Gasteiger partial charge in [-0.25, -0.2) is 0 Å². The SMILES string of the molecule is CC(=O)C1NCCc2[nH]c3ccccc3c21. The van der Waals surface area contributed by atoms with Crippen LogP contribution < -0.4 is 5.32 Å². The molecule has 1 aromatic heterocycles. The molecule has 3 rings (SSSR count). The fraction of sp³-hybridized carbons (Fsp3) is 0.308. The van der Waals surface area contributed by atoms with Gasteiger partial charge in [0.2, 0.25) is 0 Å². The van der Waals surface area contributed by atoms with Gasteiger partial charge in [0.1, 0.15) is 0 Å². The lowest BCUT2D eigenvalue weighted by atomic mass is 9.95. The number of benzene rings is 1. The van der Waals surface area contributed by atoms with Crippen LogP contribution in [0.1, 0.15) is 24.2 Å². The Bertz CT molecular complexity index is 556. The Balaban J connectivity index is 2.28. The third kappa shape index (κ3) is 1.28. The number of carbonyl (C=O) groups is 1. The van der Waals surface area contributed by atoms with E-state index in [9.17, 15) is 4.79 Å². The molecular weight excluding hydrogens is 200 g/mol. The molecule has 0 bridgehead atoms. The predicted octanol–water partition coefficient (Wildman–Crippen LogP) is 1.94. The first-order chi connectivity index (χ1) is 7.77. The molecule has 82 valence electrons. The highest BCUT2D eigenvalue weighted by atomic mass is 16.1. The summed E-state index contributed by atoms with van der Waals surface area (Å²) < 4.78 is 0. The van der Waals surface area contributed by atoms with Crippen molar-refractivity contribution in [3.63, 3.8) is 0 Å². The molecule has 2 aromatic rings. The van der Waals surface area contributed by atoms with E-state index in [2.05, 4.69) is 22.4 Å². The molecule has 1 aliphatic heterocycles. The van der Waals surface area contributed by atoms with Crippen LogP contribution in [0.4, 0.5) is 0 Å². The van der Waals surface area contributed by atoms with Gasteiger partial charge in [0.25, 0.3) is 0 Å². The molecule has 1 atom stereocenters. The molecular formula is C13H14N2O. The topological polar surface area (TPSA) is 44.9 Å². The lowest BCUT2D eigenvalue weighted by molar-refractivity contribution is -0.119. The number of para-hydroxylation sites is 1. The summed E-state index contributed by atoms with van der Waals surface area (Å²) in [5.74, 6) is 0.186. The largest absolute Gasteiger partial charge is 0.358 e. The molecule has 2 N–H and O–H groups in total. The maximum Gasteiger partial charge on any atom is 0.151 e. The zero-order chi connectivity index (χ0) is 11.1. The van der Waals surface area contributed by atoms with E-state index in [4.69, 9.17) is 0 Å². The summed E-state index contributed by atoms with van der Waals surface area (Å²) in [5, 5.41) is 4.45. The van der Waals surface area contributed by atoms with Crippen LogP contribution in [0.2, 0.25) is 0 Å². The molecule has 0 saturated heterocycles. The Labute approximate surface area is 93.9 Å². The fourth-order valence-corrected chi connectivity index (χ4v) is 2.54. The Morgan fingerprint density at radius 2 is 2.19 bits per heavy atom. The lowest BCUT2D eigenvalue weighted by Crippen LogP contribution is -2.33. The number of carbonyl (C=O) groups excluding carboxylic acids is 1. The van der Waals surface area contributed by atoms with Gasteiger partial charge in [-0.2, -0.15) is 0 Å². The van der Waals surface area contributed by atoms with Crippen LogP contribution in [-0.4, -0.2) is 17.3 Å². The highest BCUT2D eigenvalue weighted by molar-refractivity contribution is 5.93. The van der Waals surface area contributed by atoms with Gasteiger partial charge >= 0.3 is 0 Å². The number of rotatable bonds is 1. The van der Waals surface area contributed by atoms with Gasteiger partial charge in [0.15, 0.2) is 5.78 Å². The van der Waals surface area contributed by atoms with Gasteiger partial charge in [0.05, 0.1) is 6.04 Å². The van der Waals surface area contributed by atoms with Crippen molar-refractivity contribution >= 4 is 16.7 Å². The summed E-state index contributed by atoms with van der Waals surface area (Å²) in [5.41, 5.74) is 3.48. The summed E-state index contributed by atoms with van der Waals surface area (Å²) in [6.07, 6.45) is 0.966. The van der Waals surface area contributed by atoms with Crippen LogP contribution in [0.15, 0.2) is 24.3 Å². The van der Waals surface area contributed by atoms with E-state index >= 15 is 0 Å². The molecule has 3 nitrogen and oxygen atoms in total. The Morgan fingerprint density at radius 1 is 1.38 bits per heavy atom. The molecule has 1 unspecified atom stereocenters. The van der Waals surface area contributed by atoms with Crippen molar-refractivity contribution in [1.29, 1.82) is 0 Å². The lowest BCUT2D eigenvalue weighted by Gasteiger charge is -2.22. The smallest absolute Gasteiger partial charge is 0.151 e. The highest BCUT2D eigenvalue weighted by Crippen LogP contribution is 2.31. The maximum atomic E-state index is 11.6. The fourth-order valence-electron chi connectivity index (χ4n) is 2.54. The van der Waals surface area contributed by atoms with Gasteiger partial charge in [-0.1, -0.05) is 18.2 Å². The molecule has 3 heteroatoms. The summed E-state index contributed by atoms with van der Waals surface area (Å²) >= 11 is 0. The predicted molar refractivity (Wildman–Crippen MR) is 63.4 cm³/mol. The van der Waals surface area contributed by atoms with Gasteiger partial charge in [-0.05, 0) is 13.0 Å².